The average Bonchev–Trinajstić information content (AvgIpc) is 3.22. The van der Waals surface area contributed by atoms with Crippen LogP contribution in [0.1, 0.15) is 33.4 Å². The minimum Gasteiger partial charge on any atom is -1.00 e. The van der Waals surface area contributed by atoms with Crippen LogP contribution in [0, 0.1) is 6.58 Å². The Labute approximate surface area is 241 Å². The second kappa shape index (κ2) is 16.0. The Balaban J connectivity index is 0. The van der Waals surface area contributed by atoms with Crippen molar-refractivity contribution in [3.8, 4) is 0 Å². The van der Waals surface area contributed by atoms with E-state index >= 15 is 0 Å². The molecule has 2 aromatic carbocycles. The molecule has 0 amide bonds. The van der Waals surface area contributed by atoms with Crippen molar-refractivity contribution in [2.75, 3.05) is 0 Å². The van der Waals surface area contributed by atoms with Crippen LogP contribution in [0.25, 0.3) is 12.2 Å². The molecule has 31 heavy (non-hydrogen) atoms. The minimum absolute atomic E-state index is 0. The van der Waals surface area contributed by atoms with Gasteiger partial charge in [-0.05, 0) is 103 Å². The second-order valence-electron chi connectivity index (χ2n) is 7.03. The van der Waals surface area contributed by atoms with E-state index in [-0.39, 0.29) is 57.0 Å². The van der Waals surface area contributed by atoms with Crippen LogP contribution >= 0.6 is 48.8 Å². The van der Waals surface area contributed by atoms with E-state index in [1.165, 1.54) is 22.3 Å². The van der Waals surface area contributed by atoms with Gasteiger partial charge < -0.3 is 35.0 Å². The van der Waals surface area contributed by atoms with Crippen LogP contribution in [-0.2, 0) is 25.7 Å². The normalized spacial score (nSPS) is 13.4. The number of halogens is 4. The second-order valence-corrected chi connectivity index (χ2v) is 8.74. The van der Waals surface area contributed by atoms with Gasteiger partial charge in [0, 0.05) is 21.0 Å². The van der Waals surface area contributed by atoms with Crippen molar-refractivity contribution >= 4 is 84.0 Å². The van der Waals surface area contributed by atoms with Crippen LogP contribution in [0.15, 0.2) is 52.9 Å². The molecule has 0 unspecified atom stereocenters. The SMILES string of the molecule is Br.C=Cc1cc2c(cc1C=C)CC(N)C2.NC1Cc2cc(Br)c(Br)cc2C1.[Br-].[CH-]=C.[Mg+2]. The fourth-order valence-electron chi connectivity index (χ4n) is 3.74. The summed E-state index contributed by atoms with van der Waals surface area (Å²) in [6.07, 6.45) is 7.77. The maximum absolute atomic E-state index is 5.92. The zero-order valence-corrected chi connectivity index (χ0v) is 25.4. The molecule has 0 spiro atoms. The summed E-state index contributed by atoms with van der Waals surface area (Å²) in [5.74, 6) is 0. The first-order valence-corrected chi connectivity index (χ1v) is 10.8. The summed E-state index contributed by atoms with van der Waals surface area (Å²) in [5.41, 5.74) is 19.6. The van der Waals surface area contributed by atoms with Crippen LogP contribution in [0.5, 0.6) is 0 Å². The summed E-state index contributed by atoms with van der Waals surface area (Å²) in [7, 11) is 0. The molecular formula is C24H28Br4MgN2. The van der Waals surface area contributed by atoms with Crippen LogP contribution in [-0.4, -0.2) is 35.1 Å². The number of fused-ring (bicyclic) bond motifs is 2. The average molecular weight is 688 g/mol. The molecule has 0 bridgehead atoms. The maximum Gasteiger partial charge on any atom is 2.00 e. The molecule has 0 radical (unpaired) electrons. The van der Waals surface area contributed by atoms with E-state index in [1.807, 2.05) is 12.2 Å². The third kappa shape index (κ3) is 8.85. The summed E-state index contributed by atoms with van der Waals surface area (Å²) in [6, 6.07) is 9.31. The molecule has 4 N–H and O–H groups in total. The summed E-state index contributed by atoms with van der Waals surface area (Å²) in [6.45, 7) is 14.6. The van der Waals surface area contributed by atoms with Crippen LogP contribution in [0.4, 0.5) is 0 Å². The summed E-state index contributed by atoms with van der Waals surface area (Å²) < 4.78 is 2.24. The van der Waals surface area contributed by atoms with E-state index in [0.29, 0.717) is 12.1 Å². The van der Waals surface area contributed by atoms with Crippen molar-refractivity contribution in [2.24, 2.45) is 11.5 Å². The Morgan fingerprint density at radius 1 is 0.742 bits per heavy atom. The van der Waals surface area contributed by atoms with Crippen molar-refractivity contribution in [3.05, 3.63) is 92.9 Å². The van der Waals surface area contributed by atoms with Gasteiger partial charge in [-0.1, -0.05) is 37.4 Å². The molecule has 0 saturated carbocycles. The predicted molar refractivity (Wildman–Crippen MR) is 145 cm³/mol. The molecule has 2 nitrogen and oxygen atoms in total. The van der Waals surface area contributed by atoms with Crippen molar-refractivity contribution < 1.29 is 17.0 Å². The van der Waals surface area contributed by atoms with E-state index in [4.69, 9.17) is 11.5 Å². The number of benzene rings is 2. The Kier molecular flexibility index (Phi) is 17.2. The summed E-state index contributed by atoms with van der Waals surface area (Å²) in [4.78, 5) is 0. The van der Waals surface area contributed by atoms with E-state index < -0.39 is 0 Å². The fourth-order valence-corrected chi connectivity index (χ4v) is 4.53. The van der Waals surface area contributed by atoms with Gasteiger partial charge in [-0.15, -0.1) is 17.0 Å². The van der Waals surface area contributed by atoms with Gasteiger partial charge in [-0.25, -0.2) is 0 Å². The molecule has 4 rings (SSSR count). The fraction of sp³-hybridized carbons (Fsp3) is 0.250. The molecule has 7 heteroatoms. The van der Waals surface area contributed by atoms with Gasteiger partial charge in [0.15, 0.2) is 0 Å². The van der Waals surface area contributed by atoms with Gasteiger partial charge in [0.05, 0.1) is 0 Å². The molecule has 0 aromatic heterocycles. The summed E-state index contributed by atoms with van der Waals surface area (Å²) >= 11 is 6.96. The number of rotatable bonds is 2. The van der Waals surface area contributed by atoms with Crippen LogP contribution in [0.2, 0.25) is 0 Å². The molecule has 0 atom stereocenters. The van der Waals surface area contributed by atoms with Crippen LogP contribution < -0.4 is 28.4 Å². The number of nitrogens with two attached hydrogens (primary N) is 2. The van der Waals surface area contributed by atoms with E-state index in [1.54, 1.807) is 0 Å². The molecule has 164 valence electrons. The molecule has 0 heterocycles. The van der Waals surface area contributed by atoms with E-state index in [2.05, 4.69) is 82.4 Å². The van der Waals surface area contributed by atoms with Gasteiger partial charge in [0.2, 0.25) is 0 Å². The Morgan fingerprint density at radius 2 is 1.00 bits per heavy atom. The molecule has 2 aromatic rings. The van der Waals surface area contributed by atoms with Crippen molar-refractivity contribution in [1.82, 2.24) is 0 Å². The quantitative estimate of drug-likeness (QED) is 0.377. The molecule has 2 aliphatic rings. The van der Waals surface area contributed by atoms with E-state index in [0.717, 1.165) is 45.8 Å². The monoisotopic (exact) mass is 684 g/mol. The molecule has 0 saturated heterocycles. The zero-order chi connectivity index (χ0) is 20.8. The molecule has 0 aliphatic heterocycles. The first-order chi connectivity index (χ1) is 13.4. The van der Waals surface area contributed by atoms with E-state index in [9.17, 15) is 0 Å². The van der Waals surface area contributed by atoms with Gasteiger partial charge in [-0.2, -0.15) is 0 Å². The van der Waals surface area contributed by atoms with Crippen molar-refractivity contribution in [2.45, 2.75) is 37.8 Å². The Morgan fingerprint density at radius 3 is 1.26 bits per heavy atom. The first kappa shape index (κ1) is 33.4. The van der Waals surface area contributed by atoms with Crippen molar-refractivity contribution in [1.29, 1.82) is 0 Å². The third-order valence-electron chi connectivity index (χ3n) is 5.02. The largest absolute Gasteiger partial charge is 2.00 e. The van der Waals surface area contributed by atoms with Crippen LogP contribution in [0.3, 0.4) is 0 Å². The minimum atomic E-state index is 0. The van der Waals surface area contributed by atoms with Crippen molar-refractivity contribution in [3.63, 3.8) is 0 Å². The zero-order valence-electron chi connectivity index (χ0n) is 17.5. The van der Waals surface area contributed by atoms with Gasteiger partial charge >= 0.3 is 23.1 Å². The topological polar surface area (TPSA) is 52.0 Å². The number of hydrogen-bond acceptors (Lipinski definition) is 2. The Hall–Kier alpha value is 0.266. The van der Waals surface area contributed by atoms with Gasteiger partial charge in [0.25, 0.3) is 0 Å². The summed E-state index contributed by atoms with van der Waals surface area (Å²) in [5, 5.41) is 0. The van der Waals surface area contributed by atoms with Gasteiger partial charge in [0.1, 0.15) is 0 Å². The first-order valence-electron chi connectivity index (χ1n) is 9.20. The molecule has 0 fully saturated rings. The third-order valence-corrected chi connectivity index (χ3v) is 6.86. The maximum atomic E-state index is 5.92. The predicted octanol–water partition coefficient (Wildman–Crippen LogP) is 2.84. The standard InChI is InChI=1S/C13H15N.C9H9Br2N.C2H3.2BrH.Mg/c1-3-9-5-11-7-13(14)8-12(11)6-10(9)4-2;10-8-3-5-1-7(12)2-6(5)4-9(8)11;1-2;;;/h3-6,13H,1-2,7-8,14H2;3-4,7H,1-2,12H2;1H,2H2;2*1H;/q;;-1;;;+2/p-1. The molecule has 2 aliphatic carbocycles. The smallest absolute Gasteiger partial charge is 1.00 e. The Bertz CT molecular complexity index is 818. The van der Waals surface area contributed by atoms with Gasteiger partial charge in [-0.3, -0.25) is 6.58 Å². The molecular weight excluding hydrogens is 660 g/mol. The number of hydrogen-bond donors (Lipinski definition) is 2.